The van der Waals surface area contributed by atoms with Crippen LogP contribution in [-0.2, 0) is 9.53 Å². The van der Waals surface area contributed by atoms with E-state index in [0.29, 0.717) is 12.1 Å². The predicted molar refractivity (Wildman–Crippen MR) is 81.8 cm³/mol. The van der Waals surface area contributed by atoms with E-state index in [1.807, 2.05) is 36.4 Å². The molecule has 2 atom stereocenters. The number of carboxylic acids is 1. The molecular weight excluding hydrogens is 282 g/mol. The Bertz CT molecular complexity index is 722. The van der Waals surface area contributed by atoms with Crippen LogP contribution in [0, 0.1) is 0 Å². The van der Waals surface area contributed by atoms with Crippen molar-refractivity contribution in [2.24, 2.45) is 0 Å². The number of rotatable bonds is 2. The van der Waals surface area contributed by atoms with Crippen LogP contribution in [0.1, 0.15) is 17.3 Å². The van der Waals surface area contributed by atoms with Gasteiger partial charge in [0.2, 0.25) is 0 Å². The minimum absolute atomic E-state index is 0.0712. The van der Waals surface area contributed by atoms with Crippen LogP contribution >= 0.6 is 0 Å². The van der Waals surface area contributed by atoms with Crippen molar-refractivity contribution in [2.75, 3.05) is 13.1 Å². The largest absolute Gasteiger partial charge is 0.479 e. The zero-order valence-corrected chi connectivity index (χ0v) is 12.2. The lowest BCUT2D eigenvalue weighted by Crippen LogP contribution is -2.51. The van der Waals surface area contributed by atoms with Gasteiger partial charge in [-0.3, -0.25) is 4.79 Å². The summed E-state index contributed by atoms with van der Waals surface area (Å²) in [6.07, 6.45) is -1.27. The van der Waals surface area contributed by atoms with Gasteiger partial charge in [0.1, 0.15) is 0 Å². The van der Waals surface area contributed by atoms with Crippen molar-refractivity contribution in [2.45, 2.75) is 19.1 Å². The molecule has 0 spiro atoms. The minimum atomic E-state index is -1.04. The molecule has 1 fully saturated rings. The average molecular weight is 299 g/mol. The molecule has 0 aliphatic carbocycles. The summed E-state index contributed by atoms with van der Waals surface area (Å²) >= 11 is 0. The van der Waals surface area contributed by atoms with Gasteiger partial charge in [-0.1, -0.05) is 36.4 Å². The topological polar surface area (TPSA) is 66.8 Å². The third kappa shape index (κ3) is 2.67. The number of amides is 1. The molecule has 3 rings (SSSR count). The smallest absolute Gasteiger partial charge is 0.334 e. The molecule has 1 amide bonds. The van der Waals surface area contributed by atoms with Crippen LogP contribution in [0.3, 0.4) is 0 Å². The van der Waals surface area contributed by atoms with Gasteiger partial charge >= 0.3 is 5.97 Å². The highest BCUT2D eigenvalue weighted by Gasteiger charge is 2.33. The summed E-state index contributed by atoms with van der Waals surface area (Å²) in [7, 11) is 0. The van der Waals surface area contributed by atoms with Crippen LogP contribution in [0.25, 0.3) is 10.8 Å². The number of carboxylic acid groups (broad SMARTS) is 1. The Kier molecular flexibility index (Phi) is 3.81. The summed E-state index contributed by atoms with van der Waals surface area (Å²) in [6.45, 7) is 2.24. The summed E-state index contributed by atoms with van der Waals surface area (Å²) in [4.78, 5) is 25.5. The fraction of sp³-hybridized carbons (Fsp3) is 0.294. The summed E-state index contributed by atoms with van der Waals surface area (Å²) in [5.74, 6) is -1.19. The second-order valence-corrected chi connectivity index (χ2v) is 5.51. The van der Waals surface area contributed by atoms with Crippen LogP contribution in [0.2, 0.25) is 0 Å². The molecule has 22 heavy (non-hydrogen) atoms. The molecule has 0 aromatic heterocycles. The van der Waals surface area contributed by atoms with Gasteiger partial charge in [-0.2, -0.15) is 0 Å². The maximum atomic E-state index is 12.8. The van der Waals surface area contributed by atoms with E-state index in [-0.39, 0.29) is 18.6 Å². The molecule has 1 saturated heterocycles. The highest BCUT2D eigenvalue weighted by molar-refractivity contribution is 6.07. The zero-order chi connectivity index (χ0) is 15.7. The van der Waals surface area contributed by atoms with Crippen molar-refractivity contribution in [3.05, 3.63) is 48.0 Å². The first kappa shape index (κ1) is 14.5. The number of hydrogen-bond acceptors (Lipinski definition) is 3. The second kappa shape index (κ2) is 5.77. The van der Waals surface area contributed by atoms with Crippen LogP contribution in [-0.4, -0.2) is 47.2 Å². The quantitative estimate of drug-likeness (QED) is 0.922. The molecule has 2 aromatic carbocycles. The molecule has 1 N–H and O–H groups in total. The molecule has 5 nitrogen and oxygen atoms in total. The SMILES string of the molecule is C[C@@H]1CN(C(=O)c2cccc3ccccc23)CC(C(=O)O)O1. The van der Waals surface area contributed by atoms with E-state index in [9.17, 15) is 9.59 Å². The van der Waals surface area contributed by atoms with Crippen molar-refractivity contribution in [1.29, 1.82) is 0 Å². The normalized spacial score (nSPS) is 21.8. The van der Waals surface area contributed by atoms with Gasteiger partial charge in [-0.15, -0.1) is 0 Å². The molecule has 114 valence electrons. The van der Waals surface area contributed by atoms with Crippen molar-refractivity contribution in [3.63, 3.8) is 0 Å². The monoisotopic (exact) mass is 299 g/mol. The molecule has 1 heterocycles. The first-order valence-corrected chi connectivity index (χ1v) is 7.21. The molecule has 1 aliphatic heterocycles. The highest BCUT2D eigenvalue weighted by atomic mass is 16.5. The van der Waals surface area contributed by atoms with Gasteiger partial charge in [0.25, 0.3) is 5.91 Å². The molecular formula is C17H17NO4. The number of hydrogen-bond donors (Lipinski definition) is 1. The number of benzene rings is 2. The Hall–Kier alpha value is -2.40. The van der Waals surface area contributed by atoms with Gasteiger partial charge in [0.05, 0.1) is 12.6 Å². The standard InChI is InChI=1S/C17H17NO4/c1-11-9-18(10-15(22-11)17(20)21)16(19)14-8-4-6-12-5-2-3-7-13(12)14/h2-8,11,15H,9-10H2,1H3,(H,20,21)/t11-,15?/m1/s1. The first-order chi connectivity index (χ1) is 10.6. The van der Waals surface area contributed by atoms with Crippen LogP contribution in [0.5, 0.6) is 0 Å². The first-order valence-electron chi connectivity index (χ1n) is 7.21. The van der Waals surface area contributed by atoms with Crippen LogP contribution < -0.4 is 0 Å². The van der Waals surface area contributed by atoms with E-state index >= 15 is 0 Å². The summed E-state index contributed by atoms with van der Waals surface area (Å²) in [5.41, 5.74) is 0.594. The molecule has 0 radical (unpaired) electrons. The predicted octanol–water partition coefficient (Wildman–Crippen LogP) is 2.15. The highest BCUT2D eigenvalue weighted by Crippen LogP contribution is 2.22. The average Bonchev–Trinajstić information content (AvgIpc) is 2.53. The fourth-order valence-electron chi connectivity index (χ4n) is 2.84. The molecule has 1 aliphatic rings. The number of aliphatic carboxylic acids is 1. The lowest BCUT2D eigenvalue weighted by atomic mass is 10.0. The fourth-order valence-corrected chi connectivity index (χ4v) is 2.84. The lowest BCUT2D eigenvalue weighted by molar-refractivity contribution is -0.160. The number of carbonyl (C=O) groups excluding carboxylic acids is 1. The molecule has 5 heteroatoms. The van der Waals surface area contributed by atoms with E-state index in [2.05, 4.69) is 0 Å². The second-order valence-electron chi connectivity index (χ2n) is 5.51. The van der Waals surface area contributed by atoms with E-state index < -0.39 is 12.1 Å². The van der Waals surface area contributed by atoms with Crippen LogP contribution in [0.15, 0.2) is 42.5 Å². The molecule has 0 saturated carbocycles. The van der Waals surface area contributed by atoms with E-state index in [1.165, 1.54) is 0 Å². The summed E-state index contributed by atoms with van der Waals surface area (Å²) in [6, 6.07) is 13.2. The number of carbonyl (C=O) groups is 2. The van der Waals surface area contributed by atoms with E-state index in [1.54, 1.807) is 17.9 Å². The van der Waals surface area contributed by atoms with Gasteiger partial charge in [-0.25, -0.2) is 4.79 Å². The van der Waals surface area contributed by atoms with Gasteiger partial charge in [0, 0.05) is 12.1 Å². The molecule has 2 aromatic rings. The Balaban J connectivity index is 1.93. The Morgan fingerprint density at radius 3 is 2.64 bits per heavy atom. The minimum Gasteiger partial charge on any atom is -0.479 e. The number of morpholine rings is 1. The number of ether oxygens (including phenoxy) is 1. The molecule has 1 unspecified atom stereocenters. The van der Waals surface area contributed by atoms with Crippen molar-refractivity contribution >= 4 is 22.6 Å². The van der Waals surface area contributed by atoms with Gasteiger partial charge in [0.15, 0.2) is 6.10 Å². The Morgan fingerprint density at radius 2 is 1.86 bits per heavy atom. The third-order valence-electron chi connectivity index (χ3n) is 3.84. The lowest BCUT2D eigenvalue weighted by Gasteiger charge is -2.35. The van der Waals surface area contributed by atoms with E-state index in [0.717, 1.165) is 10.8 Å². The number of fused-ring (bicyclic) bond motifs is 1. The van der Waals surface area contributed by atoms with Crippen molar-refractivity contribution in [3.8, 4) is 0 Å². The summed E-state index contributed by atoms with van der Waals surface area (Å²) < 4.78 is 5.36. The summed E-state index contributed by atoms with van der Waals surface area (Å²) in [5, 5.41) is 11.0. The van der Waals surface area contributed by atoms with Gasteiger partial charge in [-0.05, 0) is 23.8 Å². The third-order valence-corrected chi connectivity index (χ3v) is 3.84. The number of nitrogens with zero attached hydrogens (tertiary/aromatic N) is 1. The van der Waals surface area contributed by atoms with E-state index in [4.69, 9.17) is 9.84 Å². The Labute approximate surface area is 128 Å². The Morgan fingerprint density at radius 1 is 1.14 bits per heavy atom. The van der Waals surface area contributed by atoms with Crippen molar-refractivity contribution < 1.29 is 19.4 Å². The van der Waals surface area contributed by atoms with Crippen LogP contribution in [0.4, 0.5) is 0 Å². The maximum absolute atomic E-state index is 12.8. The maximum Gasteiger partial charge on any atom is 0.334 e. The van der Waals surface area contributed by atoms with Crippen molar-refractivity contribution in [1.82, 2.24) is 4.90 Å². The zero-order valence-electron chi connectivity index (χ0n) is 12.2. The van der Waals surface area contributed by atoms with Gasteiger partial charge < -0.3 is 14.7 Å². The molecule has 0 bridgehead atoms.